The standard InChI is InChI=1S/C39H36N4O6S/c1-6-19-47-32-18-15-28(21-24(32)3)35-29(23-42(41-35)30-11-9-8-10-12-30)22-33-37(45)43-36(27-13-16-31(17-14-27)49-26(5)44)34(38(46)48-20-7-2)25(4)40-39(43)50-33/h7-18,21-23,36H,2,6,19-20H2,1,3-5H3/b33-22-/t36-/m0/s1. The average Bonchev–Trinajstić information content (AvgIpc) is 3.66. The van der Waals surface area contributed by atoms with E-state index in [1.165, 1.54) is 28.9 Å². The van der Waals surface area contributed by atoms with Crippen molar-refractivity contribution in [3.63, 3.8) is 0 Å². The summed E-state index contributed by atoms with van der Waals surface area (Å²) >= 11 is 1.23. The number of allylic oxidation sites excluding steroid dienone is 1. The van der Waals surface area contributed by atoms with Crippen LogP contribution in [0.25, 0.3) is 23.0 Å². The number of ether oxygens (including phenoxy) is 3. The average molecular weight is 689 g/mol. The van der Waals surface area contributed by atoms with Crippen molar-refractivity contribution in [3.05, 3.63) is 139 Å². The molecule has 254 valence electrons. The first-order chi connectivity index (χ1) is 24.2. The van der Waals surface area contributed by atoms with Crippen molar-refractivity contribution in [2.45, 2.75) is 40.2 Å². The minimum Gasteiger partial charge on any atom is -0.493 e. The van der Waals surface area contributed by atoms with Gasteiger partial charge in [-0.1, -0.05) is 61.2 Å². The molecule has 2 aromatic heterocycles. The first-order valence-electron chi connectivity index (χ1n) is 16.2. The van der Waals surface area contributed by atoms with Crippen LogP contribution >= 0.6 is 11.3 Å². The molecule has 3 aromatic carbocycles. The largest absolute Gasteiger partial charge is 0.493 e. The van der Waals surface area contributed by atoms with Crippen molar-refractivity contribution in [2.24, 2.45) is 4.99 Å². The van der Waals surface area contributed by atoms with Crippen LogP contribution in [0.1, 0.15) is 49.9 Å². The zero-order valence-electron chi connectivity index (χ0n) is 28.2. The number of nitrogens with zero attached hydrogens (tertiary/aromatic N) is 4. The molecular formula is C39H36N4O6S. The second-order valence-corrected chi connectivity index (χ2v) is 12.7. The maximum atomic E-state index is 14.4. The van der Waals surface area contributed by atoms with E-state index < -0.39 is 18.0 Å². The lowest BCUT2D eigenvalue weighted by Crippen LogP contribution is -2.39. The molecule has 5 aromatic rings. The Bertz CT molecular complexity index is 2300. The molecule has 0 saturated carbocycles. The minimum atomic E-state index is -0.845. The number of hydrogen-bond donors (Lipinski definition) is 0. The van der Waals surface area contributed by atoms with Gasteiger partial charge < -0.3 is 14.2 Å². The highest BCUT2D eigenvalue weighted by atomic mass is 32.1. The maximum Gasteiger partial charge on any atom is 0.338 e. The first-order valence-corrected chi connectivity index (χ1v) is 17.0. The Balaban J connectivity index is 1.51. The van der Waals surface area contributed by atoms with Gasteiger partial charge in [0.05, 0.1) is 34.1 Å². The fourth-order valence-electron chi connectivity index (χ4n) is 5.74. The summed E-state index contributed by atoms with van der Waals surface area (Å²) in [6, 6.07) is 21.5. The number of fused-ring (bicyclic) bond motifs is 1. The number of carbonyl (C=O) groups excluding carboxylic acids is 2. The number of thiazole rings is 1. The van der Waals surface area contributed by atoms with Crippen molar-refractivity contribution < 1.29 is 23.8 Å². The molecule has 1 aliphatic rings. The molecule has 0 saturated heterocycles. The number of esters is 2. The summed E-state index contributed by atoms with van der Waals surface area (Å²) in [6.45, 7) is 11.4. The van der Waals surface area contributed by atoms with E-state index in [1.54, 1.807) is 35.9 Å². The van der Waals surface area contributed by atoms with Crippen molar-refractivity contribution in [1.82, 2.24) is 14.3 Å². The lowest BCUT2D eigenvalue weighted by molar-refractivity contribution is -0.138. The summed E-state index contributed by atoms with van der Waals surface area (Å²) in [6.07, 6.45) is 6.10. The van der Waals surface area contributed by atoms with Gasteiger partial charge in [-0.2, -0.15) is 5.10 Å². The van der Waals surface area contributed by atoms with Crippen LogP contribution in [0.15, 0.2) is 113 Å². The SMILES string of the molecule is C=CCOC(=O)C1=C(C)N=c2s/c(=C\c3cn(-c4ccccc4)nc3-c3ccc(OCCC)c(C)c3)c(=O)n2[C@H]1c1ccc(OC(C)=O)cc1. The summed E-state index contributed by atoms with van der Waals surface area (Å²) in [5.74, 6) is 0.0867. The van der Waals surface area contributed by atoms with Gasteiger partial charge in [0.1, 0.15) is 23.8 Å². The Morgan fingerprint density at radius 3 is 2.48 bits per heavy atom. The van der Waals surface area contributed by atoms with Gasteiger partial charge in [-0.25, -0.2) is 14.5 Å². The van der Waals surface area contributed by atoms with Crippen molar-refractivity contribution >= 4 is 29.4 Å². The highest BCUT2D eigenvalue weighted by Crippen LogP contribution is 2.32. The predicted octanol–water partition coefficient (Wildman–Crippen LogP) is 5.84. The second-order valence-electron chi connectivity index (χ2n) is 11.7. The molecule has 3 heterocycles. The summed E-state index contributed by atoms with van der Waals surface area (Å²) in [5.41, 5.74) is 5.06. The smallest absolute Gasteiger partial charge is 0.338 e. The fraction of sp³-hybridized carbons (Fsp3) is 0.205. The molecule has 1 aliphatic heterocycles. The topological polar surface area (TPSA) is 114 Å². The number of para-hydroxylation sites is 1. The van der Waals surface area contributed by atoms with Crippen LogP contribution in [-0.4, -0.2) is 39.5 Å². The molecular weight excluding hydrogens is 653 g/mol. The van der Waals surface area contributed by atoms with Crippen molar-refractivity contribution in [1.29, 1.82) is 0 Å². The number of carbonyl (C=O) groups is 2. The molecule has 0 bridgehead atoms. The monoisotopic (exact) mass is 688 g/mol. The number of rotatable bonds is 11. The molecule has 0 fully saturated rings. The third kappa shape index (κ3) is 6.99. The summed E-state index contributed by atoms with van der Waals surface area (Å²) < 4.78 is 20.3. The third-order valence-corrected chi connectivity index (χ3v) is 8.97. The van der Waals surface area contributed by atoms with Gasteiger partial charge in [-0.05, 0) is 79.9 Å². The molecule has 50 heavy (non-hydrogen) atoms. The van der Waals surface area contributed by atoms with Gasteiger partial charge in [0, 0.05) is 24.2 Å². The van der Waals surface area contributed by atoms with Crippen LogP contribution in [0, 0.1) is 6.92 Å². The number of aryl methyl sites for hydroxylation is 1. The summed E-state index contributed by atoms with van der Waals surface area (Å²) in [4.78, 5) is 44.5. The van der Waals surface area contributed by atoms with E-state index in [2.05, 4.69) is 13.5 Å². The molecule has 1 atom stereocenters. The molecule has 0 aliphatic carbocycles. The lowest BCUT2D eigenvalue weighted by atomic mass is 9.96. The van der Waals surface area contributed by atoms with E-state index in [9.17, 15) is 14.4 Å². The lowest BCUT2D eigenvalue weighted by Gasteiger charge is -2.24. The highest BCUT2D eigenvalue weighted by Gasteiger charge is 2.33. The number of aromatic nitrogens is 3. The normalized spacial score (nSPS) is 14.2. The molecule has 0 radical (unpaired) electrons. The van der Waals surface area contributed by atoms with Crippen LogP contribution in [0.4, 0.5) is 0 Å². The van der Waals surface area contributed by atoms with Gasteiger partial charge >= 0.3 is 11.9 Å². The van der Waals surface area contributed by atoms with E-state index in [-0.39, 0.29) is 17.7 Å². The van der Waals surface area contributed by atoms with Crippen LogP contribution in [0.3, 0.4) is 0 Å². The van der Waals surface area contributed by atoms with Crippen LogP contribution < -0.4 is 24.4 Å². The zero-order valence-corrected chi connectivity index (χ0v) is 29.0. The third-order valence-electron chi connectivity index (χ3n) is 7.99. The Morgan fingerprint density at radius 1 is 1.04 bits per heavy atom. The fourth-order valence-corrected chi connectivity index (χ4v) is 6.77. The minimum absolute atomic E-state index is 0.00247. The van der Waals surface area contributed by atoms with Crippen LogP contribution in [-0.2, 0) is 14.3 Å². The van der Waals surface area contributed by atoms with Gasteiger partial charge in [-0.15, -0.1) is 0 Å². The Kier molecular flexibility index (Phi) is 10.1. The Hall–Kier alpha value is -5.81. The van der Waals surface area contributed by atoms with Gasteiger partial charge in [0.15, 0.2) is 4.80 Å². The van der Waals surface area contributed by atoms with Crippen molar-refractivity contribution in [3.8, 4) is 28.4 Å². The molecule has 0 N–H and O–H groups in total. The van der Waals surface area contributed by atoms with Gasteiger partial charge in [0.25, 0.3) is 5.56 Å². The Labute approximate surface area is 292 Å². The second kappa shape index (κ2) is 14.8. The predicted molar refractivity (Wildman–Crippen MR) is 192 cm³/mol. The van der Waals surface area contributed by atoms with E-state index in [0.717, 1.165) is 34.5 Å². The molecule has 0 amide bonds. The molecule has 0 unspecified atom stereocenters. The maximum absolute atomic E-state index is 14.4. The molecule has 6 rings (SSSR count). The summed E-state index contributed by atoms with van der Waals surface area (Å²) in [5, 5.41) is 4.96. The quantitative estimate of drug-likeness (QED) is 0.0974. The first kappa shape index (κ1) is 34.1. The molecule has 0 spiro atoms. The number of hydrogen-bond acceptors (Lipinski definition) is 9. The molecule has 11 heteroatoms. The van der Waals surface area contributed by atoms with Gasteiger partial charge in [0.2, 0.25) is 0 Å². The Morgan fingerprint density at radius 2 is 1.80 bits per heavy atom. The highest BCUT2D eigenvalue weighted by molar-refractivity contribution is 7.07. The molecule has 10 nitrogen and oxygen atoms in total. The van der Waals surface area contributed by atoms with E-state index in [1.807, 2.05) is 67.7 Å². The summed E-state index contributed by atoms with van der Waals surface area (Å²) in [7, 11) is 0. The van der Waals surface area contributed by atoms with E-state index in [4.69, 9.17) is 24.3 Å². The number of benzene rings is 3. The van der Waals surface area contributed by atoms with E-state index >= 15 is 0 Å². The van der Waals surface area contributed by atoms with E-state index in [0.29, 0.717) is 38.6 Å². The van der Waals surface area contributed by atoms with Crippen molar-refractivity contribution in [2.75, 3.05) is 13.2 Å². The van der Waals surface area contributed by atoms with Crippen LogP contribution in [0.5, 0.6) is 11.5 Å². The van der Waals surface area contributed by atoms with Gasteiger partial charge in [-0.3, -0.25) is 14.2 Å². The van der Waals surface area contributed by atoms with Crippen LogP contribution in [0.2, 0.25) is 0 Å². The zero-order chi connectivity index (χ0) is 35.4.